The number of nitrogens with zero attached hydrogens (tertiary/aromatic N) is 3. The number of aliphatic carboxylic acids is 1. The third kappa shape index (κ3) is 2.94. The fourth-order valence-electron chi connectivity index (χ4n) is 1.99. The number of halogens is 2. The van der Waals surface area contributed by atoms with Gasteiger partial charge in [0.15, 0.2) is 0 Å². The fourth-order valence-corrected chi connectivity index (χ4v) is 1.99. The SMILES string of the molecule is CC(C(=O)O)n1cc(C(=O)N2CCC(F)(F)CC2)cn1. The number of likely N-dealkylation sites (tertiary alicyclic amines) is 1. The molecule has 8 heteroatoms. The summed E-state index contributed by atoms with van der Waals surface area (Å²) in [6.07, 6.45) is 1.89. The van der Waals surface area contributed by atoms with E-state index in [0.29, 0.717) is 0 Å². The Bertz CT molecular complexity index is 520. The average Bonchev–Trinajstić information content (AvgIpc) is 2.86. The minimum atomic E-state index is -2.71. The number of aromatic nitrogens is 2. The summed E-state index contributed by atoms with van der Waals surface area (Å²) < 4.78 is 27.2. The van der Waals surface area contributed by atoms with Crippen molar-refractivity contribution in [2.45, 2.75) is 31.7 Å². The van der Waals surface area contributed by atoms with Crippen molar-refractivity contribution in [3.8, 4) is 0 Å². The highest BCUT2D eigenvalue weighted by atomic mass is 19.3. The van der Waals surface area contributed by atoms with Gasteiger partial charge >= 0.3 is 5.97 Å². The molecule has 1 unspecified atom stereocenters. The molecule has 1 N–H and O–H groups in total. The van der Waals surface area contributed by atoms with E-state index in [9.17, 15) is 18.4 Å². The van der Waals surface area contributed by atoms with Crippen molar-refractivity contribution >= 4 is 11.9 Å². The molecule has 110 valence electrons. The van der Waals surface area contributed by atoms with Gasteiger partial charge in [-0.2, -0.15) is 5.10 Å². The van der Waals surface area contributed by atoms with Crippen molar-refractivity contribution in [1.82, 2.24) is 14.7 Å². The van der Waals surface area contributed by atoms with Crippen LogP contribution >= 0.6 is 0 Å². The molecule has 0 aromatic carbocycles. The predicted octanol–water partition coefficient (Wildman–Crippen LogP) is 1.40. The summed E-state index contributed by atoms with van der Waals surface area (Å²) in [6, 6.07) is -0.887. The van der Waals surface area contributed by atoms with Crippen LogP contribution in [0.5, 0.6) is 0 Å². The summed E-state index contributed by atoms with van der Waals surface area (Å²) in [5, 5.41) is 12.7. The monoisotopic (exact) mass is 287 g/mol. The summed E-state index contributed by atoms with van der Waals surface area (Å²) in [7, 11) is 0. The lowest BCUT2D eigenvalue weighted by Gasteiger charge is -2.31. The van der Waals surface area contributed by atoms with Gasteiger partial charge in [0, 0.05) is 32.1 Å². The van der Waals surface area contributed by atoms with Gasteiger partial charge in [0.1, 0.15) is 6.04 Å². The molecule has 1 amide bonds. The third-order valence-corrected chi connectivity index (χ3v) is 3.38. The van der Waals surface area contributed by atoms with E-state index in [1.54, 1.807) is 0 Å². The lowest BCUT2D eigenvalue weighted by atomic mass is 10.1. The molecular weight excluding hydrogens is 272 g/mol. The number of carbonyl (C=O) groups is 2. The second-order valence-electron chi connectivity index (χ2n) is 4.87. The van der Waals surface area contributed by atoms with E-state index in [1.165, 1.54) is 24.2 Å². The van der Waals surface area contributed by atoms with Crippen LogP contribution in [0.25, 0.3) is 0 Å². The minimum absolute atomic E-state index is 0.00844. The van der Waals surface area contributed by atoms with E-state index in [0.717, 1.165) is 4.68 Å². The molecule has 2 heterocycles. The molecule has 1 aromatic rings. The van der Waals surface area contributed by atoms with E-state index >= 15 is 0 Å². The van der Waals surface area contributed by atoms with E-state index in [1.807, 2.05) is 0 Å². The summed E-state index contributed by atoms with van der Waals surface area (Å²) in [5.41, 5.74) is 0.211. The van der Waals surface area contributed by atoms with Crippen LogP contribution < -0.4 is 0 Å². The van der Waals surface area contributed by atoms with Crippen LogP contribution in [0, 0.1) is 0 Å². The highest BCUT2D eigenvalue weighted by molar-refractivity contribution is 5.93. The topological polar surface area (TPSA) is 75.4 Å². The Hall–Kier alpha value is -1.99. The van der Waals surface area contributed by atoms with Gasteiger partial charge in [0.2, 0.25) is 0 Å². The van der Waals surface area contributed by atoms with Gasteiger partial charge in [-0.1, -0.05) is 0 Å². The van der Waals surface area contributed by atoms with Crippen molar-refractivity contribution in [3.05, 3.63) is 18.0 Å². The van der Waals surface area contributed by atoms with Crippen LogP contribution in [0.2, 0.25) is 0 Å². The quantitative estimate of drug-likeness (QED) is 0.911. The lowest BCUT2D eigenvalue weighted by molar-refractivity contribution is -0.140. The number of hydrogen-bond donors (Lipinski definition) is 1. The number of hydrogen-bond acceptors (Lipinski definition) is 3. The minimum Gasteiger partial charge on any atom is -0.480 e. The Morgan fingerprint density at radius 3 is 2.55 bits per heavy atom. The number of amides is 1. The molecule has 1 aliphatic heterocycles. The molecule has 1 saturated heterocycles. The van der Waals surface area contributed by atoms with Gasteiger partial charge < -0.3 is 10.0 Å². The van der Waals surface area contributed by atoms with E-state index in [4.69, 9.17) is 5.11 Å². The van der Waals surface area contributed by atoms with Crippen molar-refractivity contribution in [2.24, 2.45) is 0 Å². The second-order valence-corrected chi connectivity index (χ2v) is 4.87. The number of piperidine rings is 1. The molecular formula is C12H15F2N3O3. The van der Waals surface area contributed by atoms with Gasteiger partial charge in [0.25, 0.3) is 11.8 Å². The average molecular weight is 287 g/mol. The molecule has 0 aliphatic carbocycles. The molecule has 1 aliphatic rings. The largest absolute Gasteiger partial charge is 0.480 e. The smallest absolute Gasteiger partial charge is 0.328 e. The van der Waals surface area contributed by atoms with Gasteiger partial charge in [0.05, 0.1) is 11.8 Å². The maximum atomic E-state index is 13.0. The van der Waals surface area contributed by atoms with Gasteiger partial charge in [-0.15, -0.1) is 0 Å². The van der Waals surface area contributed by atoms with Crippen LogP contribution in [0.15, 0.2) is 12.4 Å². The van der Waals surface area contributed by atoms with Crippen LogP contribution in [0.1, 0.15) is 36.2 Å². The zero-order valence-corrected chi connectivity index (χ0v) is 10.9. The maximum absolute atomic E-state index is 13.0. The Balaban J connectivity index is 2.05. The first-order valence-electron chi connectivity index (χ1n) is 6.24. The number of alkyl halides is 2. The van der Waals surface area contributed by atoms with Crippen molar-refractivity contribution in [3.63, 3.8) is 0 Å². The number of carbonyl (C=O) groups excluding carboxylic acids is 1. The highest BCUT2D eigenvalue weighted by Crippen LogP contribution is 2.28. The zero-order valence-electron chi connectivity index (χ0n) is 10.9. The molecule has 0 radical (unpaired) electrons. The first kappa shape index (κ1) is 14.4. The fraction of sp³-hybridized carbons (Fsp3) is 0.583. The van der Waals surface area contributed by atoms with Crippen LogP contribution in [0.4, 0.5) is 8.78 Å². The van der Waals surface area contributed by atoms with Gasteiger partial charge in [-0.05, 0) is 6.92 Å². The number of carboxylic acid groups (broad SMARTS) is 1. The van der Waals surface area contributed by atoms with Gasteiger partial charge in [-0.3, -0.25) is 9.48 Å². The number of carboxylic acids is 1. The predicted molar refractivity (Wildman–Crippen MR) is 64.7 cm³/mol. The van der Waals surface area contributed by atoms with Crippen LogP contribution in [0.3, 0.4) is 0 Å². The Kier molecular flexibility index (Phi) is 3.74. The Labute approximate surface area is 114 Å². The van der Waals surface area contributed by atoms with Crippen molar-refractivity contribution in [2.75, 3.05) is 13.1 Å². The molecule has 1 fully saturated rings. The van der Waals surface area contributed by atoms with E-state index in [2.05, 4.69) is 5.10 Å². The number of rotatable bonds is 3. The second kappa shape index (κ2) is 5.18. The van der Waals surface area contributed by atoms with E-state index < -0.39 is 23.8 Å². The van der Waals surface area contributed by atoms with E-state index in [-0.39, 0.29) is 31.5 Å². The standard InChI is InChI=1S/C12H15F2N3O3/c1-8(11(19)20)17-7-9(6-15-17)10(18)16-4-2-12(13,14)3-5-16/h6-8H,2-5H2,1H3,(H,19,20). The molecule has 6 nitrogen and oxygen atoms in total. The van der Waals surface area contributed by atoms with Gasteiger partial charge in [-0.25, -0.2) is 13.6 Å². The summed E-state index contributed by atoms with van der Waals surface area (Å²) in [6.45, 7) is 1.42. The third-order valence-electron chi connectivity index (χ3n) is 3.38. The maximum Gasteiger partial charge on any atom is 0.328 e. The molecule has 1 atom stereocenters. The lowest BCUT2D eigenvalue weighted by Crippen LogP contribution is -2.42. The highest BCUT2D eigenvalue weighted by Gasteiger charge is 2.36. The molecule has 20 heavy (non-hydrogen) atoms. The first-order chi connectivity index (χ1) is 9.30. The molecule has 0 spiro atoms. The molecule has 2 rings (SSSR count). The molecule has 1 aromatic heterocycles. The summed E-state index contributed by atoms with van der Waals surface area (Å²) in [5.74, 6) is -4.17. The Morgan fingerprint density at radius 2 is 2.00 bits per heavy atom. The Morgan fingerprint density at radius 1 is 1.40 bits per heavy atom. The van der Waals surface area contributed by atoms with Crippen LogP contribution in [-0.4, -0.2) is 50.7 Å². The first-order valence-corrected chi connectivity index (χ1v) is 6.24. The zero-order chi connectivity index (χ0) is 14.9. The molecule has 0 bridgehead atoms. The molecule has 0 saturated carbocycles. The summed E-state index contributed by atoms with van der Waals surface area (Å²) in [4.78, 5) is 24.2. The van der Waals surface area contributed by atoms with Crippen LogP contribution in [-0.2, 0) is 4.79 Å². The van der Waals surface area contributed by atoms with Crippen molar-refractivity contribution < 1.29 is 23.5 Å². The normalized spacial score (nSPS) is 19.6. The van der Waals surface area contributed by atoms with Crippen molar-refractivity contribution in [1.29, 1.82) is 0 Å². The summed E-state index contributed by atoms with van der Waals surface area (Å²) >= 11 is 0.